The molecule has 0 aromatic carbocycles. The number of alkyl halides is 3. The molecule has 1 unspecified atom stereocenters. The minimum atomic E-state index is -4.12. The third-order valence-corrected chi connectivity index (χ3v) is 1.76. The van der Waals surface area contributed by atoms with Crippen LogP contribution in [0, 0.1) is 0 Å². The third kappa shape index (κ3) is 7.84. The fourth-order valence-electron chi connectivity index (χ4n) is 1.08. The van der Waals surface area contributed by atoms with Crippen molar-refractivity contribution in [2.24, 2.45) is 0 Å². The molecule has 0 aromatic rings. The first-order chi connectivity index (χ1) is 5.77. The Hall–Kier alpha value is -0.510. The van der Waals surface area contributed by atoms with Crippen LogP contribution in [0.25, 0.3) is 0 Å². The molecule has 4 heteroatoms. The minimum absolute atomic E-state index is 0.0374. The quantitative estimate of drug-likeness (QED) is 0.670. The Morgan fingerprint density at radius 3 is 2.23 bits per heavy atom. The fraction of sp³-hybridized carbons (Fsp3) is 0.778. The molecule has 13 heavy (non-hydrogen) atoms. The first kappa shape index (κ1) is 12.5. The lowest BCUT2D eigenvalue weighted by Gasteiger charge is -2.21. The zero-order valence-corrected chi connectivity index (χ0v) is 7.69. The van der Waals surface area contributed by atoms with E-state index in [1.54, 1.807) is 0 Å². The summed E-state index contributed by atoms with van der Waals surface area (Å²) in [5.74, 6) is 0. The maximum atomic E-state index is 11.7. The highest BCUT2D eigenvalue weighted by Gasteiger charge is 2.28. The van der Waals surface area contributed by atoms with Crippen molar-refractivity contribution in [2.75, 3.05) is 0 Å². The molecule has 0 aliphatic heterocycles. The van der Waals surface area contributed by atoms with Gasteiger partial charge < -0.3 is 5.11 Å². The summed E-state index contributed by atoms with van der Waals surface area (Å²) in [6.07, 6.45) is -3.01. The average molecular weight is 196 g/mol. The van der Waals surface area contributed by atoms with Gasteiger partial charge in [-0.05, 0) is 26.2 Å². The van der Waals surface area contributed by atoms with Crippen molar-refractivity contribution in [2.45, 2.75) is 44.4 Å². The van der Waals surface area contributed by atoms with Gasteiger partial charge in [-0.3, -0.25) is 0 Å². The maximum Gasteiger partial charge on any atom is 0.389 e. The van der Waals surface area contributed by atoms with Crippen molar-refractivity contribution in [3.05, 3.63) is 12.7 Å². The molecule has 0 fully saturated rings. The lowest BCUT2D eigenvalue weighted by molar-refractivity contribution is -0.137. The molecular weight excluding hydrogens is 181 g/mol. The normalized spacial score (nSPS) is 16.7. The molecule has 78 valence electrons. The molecule has 0 aliphatic rings. The van der Waals surface area contributed by atoms with Crippen LogP contribution in [0.15, 0.2) is 12.7 Å². The van der Waals surface area contributed by atoms with E-state index in [2.05, 4.69) is 6.58 Å². The van der Waals surface area contributed by atoms with Crippen LogP contribution in [0.1, 0.15) is 32.6 Å². The summed E-state index contributed by atoms with van der Waals surface area (Å²) < 4.78 is 35.1. The maximum absolute atomic E-state index is 11.7. The first-order valence-electron chi connectivity index (χ1n) is 4.17. The van der Waals surface area contributed by atoms with Gasteiger partial charge in [0.2, 0.25) is 0 Å². The monoisotopic (exact) mass is 196 g/mol. The summed E-state index contributed by atoms with van der Waals surface area (Å²) in [4.78, 5) is 0. The summed E-state index contributed by atoms with van der Waals surface area (Å²) >= 11 is 0. The van der Waals surface area contributed by atoms with E-state index in [0.717, 1.165) is 0 Å². The van der Waals surface area contributed by atoms with Crippen molar-refractivity contribution >= 4 is 0 Å². The van der Waals surface area contributed by atoms with Gasteiger partial charge in [0.25, 0.3) is 0 Å². The molecule has 1 N–H and O–H groups in total. The summed E-state index contributed by atoms with van der Waals surface area (Å²) in [5.41, 5.74) is -1.05. The van der Waals surface area contributed by atoms with E-state index in [4.69, 9.17) is 0 Å². The first-order valence-corrected chi connectivity index (χ1v) is 4.17. The minimum Gasteiger partial charge on any atom is -0.390 e. The average Bonchev–Trinajstić information content (AvgIpc) is 1.82. The van der Waals surface area contributed by atoms with Crippen LogP contribution in [0.3, 0.4) is 0 Å². The Morgan fingerprint density at radius 1 is 1.31 bits per heavy atom. The second-order valence-corrected chi connectivity index (χ2v) is 3.46. The van der Waals surface area contributed by atoms with Crippen LogP contribution in [-0.2, 0) is 0 Å². The van der Waals surface area contributed by atoms with E-state index in [9.17, 15) is 18.3 Å². The Bertz CT molecular complexity index is 161. The summed E-state index contributed by atoms with van der Waals surface area (Å²) in [5, 5.41) is 9.47. The molecule has 0 saturated heterocycles. The second-order valence-electron chi connectivity index (χ2n) is 3.46. The van der Waals surface area contributed by atoms with E-state index < -0.39 is 18.2 Å². The van der Waals surface area contributed by atoms with Crippen molar-refractivity contribution < 1.29 is 18.3 Å². The topological polar surface area (TPSA) is 20.2 Å². The van der Waals surface area contributed by atoms with Crippen molar-refractivity contribution in [3.63, 3.8) is 0 Å². The van der Waals surface area contributed by atoms with Gasteiger partial charge in [0.05, 0.1) is 5.60 Å². The van der Waals surface area contributed by atoms with Gasteiger partial charge in [0, 0.05) is 6.42 Å². The highest BCUT2D eigenvalue weighted by Crippen LogP contribution is 2.26. The van der Waals surface area contributed by atoms with Crippen LogP contribution >= 0.6 is 0 Å². The van der Waals surface area contributed by atoms with Gasteiger partial charge in [-0.25, -0.2) is 0 Å². The Balaban J connectivity index is 3.69. The fourth-order valence-corrected chi connectivity index (χ4v) is 1.08. The summed E-state index contributed by atoms with van der Waals surface area (Å²) in [7, 11) is 0. The van der Waals surface area contributed by atoms with Gasteiger partial charge in [-0.2, -0.15) is 13.2 Å². The molecule has 0 heterocycles. The lowest BCUT2D eigenvalue weighted by Crippen LogP contribution is -2.23. The summed E-state index contributed by atoms with van der Waals surface area (Å²) in [6.45, 7) is 4.94. The smallest absolute Gasteiger partial charge is 0.389 e. The number of hydrogen-bond acceptors (Lipinski definition) is 1. The number of hydrogen-bond donors (Lipinski definition) is 1. The van der Waals surface area contributed by atoms with E-state index in [0.29, 0.717) is 6.42 Å². The molecule has 0 aliphatic carbocycles. The molecule has 1 atom stereocenters. The number of aliphatic hydroxyl groups is 1. The van der Waals surface area contributed by atoms with Gasteiger partial charge >= 0.3 is 6.18 Å². The van der Waals surface area contributed by atoms with Crippen molar-refractivity contribution in [3.8, 4) is 0 Å². The largest absolute Gasteiger partial charge is 0.390 e. The number of halogens is 3. The molecular formula is C9H15F3O. The molecule has 0 radical (unpaired) electrons. The highest BCUT2D eigenvalue weighted by atomic mass is 19.4. The Morgan fingerprint density at radius 2 is 1.85 bits per heavy atom. The molecule has 1 nitrogen and oxygen atoms in total. The van der Waals surface area contributed by atoms with Gasteiger partial charge in [-0.1, -0.05) is 6.08 Å². The van der Waals surface area contributed by atoms with E-state index in [1.807, 2.05) is 0 Å². The van der Waals surface area contributed by atoms with Crippen molar-refractivity contribution in [1.82, 2.24) is 0 Å². The van der Waals surface area contributed by atoms with E-state index in [-0.39, 0.29) is 12.8 Å². The van der Waals surface area contributed by atoms with Crippen LogP contribution in [-0.4, -0.2) is 16.9 Å². The third-order valence-electron chi connectivity index (χ3n) is 1.76. The molecule has 0 rings (SSSR count). The van der Waals surface area contributed by atoms with Crippen LogP contribution < -0.4 is 0 Å². The molecule has 0 aromatic heterocycles. The highest BCUT2D eigenvalue weighted by molar-refractivity contribution is 4.82. The zero-order chi connectivity index (χ0) is 10.5. The Labute approximate surface area is 76.3 Å². The van der Waals surface area contributed by atoms with Gasteiger partial charge in [0.1, 0.15) is 0 Å². The molecule has 0 saturated carbocycles. The number of rotatable bonds is 5. The summed E-state index contributed by atoms with van der Waals surface area (Å²) in [6, 6.07) is 0. The predicted octanol–water partition coefficient (Wildman–Crippen LogP) is 3.05. The van der Waals surface area contributed by atoms with E-state index in [1.165, 1.54) is 13.0 Å². The second kappa shape index (κ2) is 4.65. The predicted molar refractivity (Wildman–Crippen MR) is 45.3 cm³/mol. The van der Waals surface area contributed by atoms with Crippen molar-refractivity contribution in [1.29, 1.82) is 0 Å². The van der Waals surface area contributed by atoms with E-state index >= 15 is 0 Å². The molecule has 0 spiro atoms. The van der Waals surface area contributed by atoms with Gasteiger partial charge in [-0.15, -0.1) is 6.58 Å². The van der Waals surface area contributed by atoms with Crippen LogP contribution in [0.5, 0.6) is 0 Å². The Kier molecular flexibility index (Phi) is 4.47. The SMILES string of the molecule is C=CCC(C)(O)CCCC(F)(F)F. The van der Waals surface area contributed by atoms with Crippen LogP contribution in [0.4, 0.5) is 13.2 Å². The zero-order valence-electron chi connectivity index (χ0n) is 7.69. The molecule has 0 amide bonds. The molecule has 0 bridgehead atoms. The van der Waals surface area contributed by atoms with Gasteiger partial charge in [0.15, 0.2) is 0 Å². The standard InChI is InChI=1S/C9H15F3O/c1-3-5-8(2,13)6-4-7-9(10,11)12/h3,13H,1,4-7H2,2H3. The lowest BCUT2D eigenvalue weighted by atomic mass is 9.95. The van der Waals surface area contributed by atoms with Crippen LogP contribution in [0.2, 0.25) is 0 Å².